The number of rotatable bonds is 2. The summed E-state index contributed by atoms with van der Waals surface area (Å²) in [7, 11) is 0. The maximum absolute atomic E-state index is 12.0. The average Bonchev–Trinajstić information content (AvgIpc) is 2.62. The third-order valence-electron chi connectivity index (χ3n) is 3.49. The second-order valence-corrected chi connectivity index (χ2v) is 5.11. The highest BCUT2D eigenvalue weighted by atomic mass is 16.6. The van der Waals surface area contributed by atoms with Crippen LogP contribution in [-0.2, 0) is 14.3 Å². The monoisotopic (exact) mass is 260 g/mol. The molecule has 98 valence electrons. The van der Waals surface area contributed by atoms with Crippen molar-refractivity contribution in [2.45, 2.75) is 13.0 Å². The highest BCUT2D eigenvalue weighted by molar-refractivity contribution is 6.29. The van der Waals surface area contributed by atoms with Crippen LogP contribution >= 0.6 is 0 Å². The third kappa shape index (κ3) is 1.69. The van der Waals surface area contributed by atoms with Gasteiger partial charge in [-0.3, -0.25) is 14.4 Å². The molecule has 0 radical (unpaired) electrons. The van der Waals surface area contributed by atoms with Gasteiger partial charge in [-0.1, -0.05) is 24.3 Å². The summed E-state index contributed by atoms with van der Waals surface area (Å²) in [6, 6.07) is 6.49. The zero-order valence-corrected chi connectivity index (χ0v) is 10.3. The van der Waals surface area contributed by atoms with Crippen molar-refractivity contribution in [3.63, 3.8) is 0 Å². The Morgan fingerprint density at radius 2 is 1.74 bits per heavy atom. The van der Waals surface area contributed by atoms with E-state index in [1.807, 2.05) is 0 Å². The quantitative estimate of drug-likeness (QED) is 0.586. The lowest BCUT2D eigenvalue weighted by molar-refractivity contribution is -0.183. The molecule has 0 aromatic heterocycles. The predicted molar refractivity (Wildman–Crippen MR) is 63.9 cm³/mol. The van der Waals surface area contributed by atoms with E-state index in [0.717, 1.165) is 0 Å². The molecule has 1 aromatic rings. The molecule has 5 heteroatoms. The van der Waals surface area contributed by atoms with Crippen LogP contribution in [0.25, 0.3) is 0 Å². The topological polar surface area (TPSA) is 69.7 Å². The second kappa shape index (κ2) is 3.99. The van der Waals surface area contributed by atoms with Crippen molar-refractivity contribution in [1.82, 2.24) is 0 Å². The zero-order chi connectivity index (χ0) is 13.6. The molecule has 0 N–H and O–H groups in total. The smallest absolute Gasteiger partial charge is 0.317 e. The van der Waals surface area contributed by atoms with Gasteiger partial charge in [0.1, 0.15) is 5.41 Å². The van der Waals surface area contributed by atoms with Crippen LogP contribution in [0, 0.1) is 5.41 Å². The number of hydrogen-bond donors (Lipinski definition) is 0. The molecule has 1 heterocycles. The van der Waals surface area contributed by atoms with E-state index in [0.29, 0.717) is 11.1 Å². The minimum atomic E-state index is -1.33. The lowest BCUT2D eigenvalue weighted by Gasteiger charge is -2.35. The molecule has 1 saturated heterocycles. The lowest BCUT2D eigenvalue weighted by Crippen LogP contribution is -2.49. The van der Waals surface area contributed by atoms with Gasteiger partial charge in [0.15, 0.2) is 0 Å². The number of ether oxygens (including phenoxy) is 2. The molecular weight excluding hydrogens is 248 g/mol. The van der Waals surface area contributed by atoms with E-state index >= 15 is 0 Å². The molecule has 1 aliphatic carbocycles. The van der Waals surface area contributed by atoms with Crippen molar-refractivity contribution in [2.24, 2.45) is 5.41 Å². The number of hydrogen-bond acceptors (Lipinski definition) is 5. The van der Waals surface area contributed by atoms with Gasteiger partial charge in [0.2, 0.25) is 17.7 Å². The Hall–Kier alpha value is -2.01. The molecule has 19 heavy (non-hydrogen) atoms. The highest BCUT2D eigenvalue weighted by Crippen LogP contribution is 2.31. The van der Waals surface area contributed by atoms with Gasteiger partial charge >= 0.3 is 5.97 Å². The molecule has 5 nitrogen and oxygen atoms in total. The molecule has 0 saturated carbocycles. The maximum Gasteiger partial charge on any atom is 0.317 e. The first-order valence-electron chi connectivity index (χ1n) is 5.99. The minimum absolute atomic E-state index is 0.258. The molecular formula is C14H12O5. The predicted octanol–water partition coefficient (Wildman–Crippen LogP) is 1.01. The SMILES string of the molecule is CC1(C(=O)OC2C(=O)c3ccccc3C2=O)COC1. The van der Waals surface area contributed by atoms with Crippen LogP contribution in [0.2, 0.25) is 0 Å². The van der Waals surface area contributed by atoms with Gasteiger partial charge in [-0.2, -0.15) is 0 Å². The Balaban J connectivity index is 1.83. The Kier molecular flexibility index (Phi) is 2.53. The number of esters is 1. The van der Waals surface area contributed by atoms with Crippen LogP contribution < -0.4 is 0 Å². The Morgan fingerprint density at radius 1 is 1.21 bits per heavy atom. The summed E-state index contributed by atoms with van der Waals surface area (Å²) in [5.41, 5.74) is -0.101. The third-order valence-corrected chi connectivity index (χ3v) is 3.49. The Labute approximate surface area is 109 Å². The van der Waals surface area contributed by atoms with Crippen LogP contribution in [0.5, 0.6) is 0 Å². The molecule has 0 unspecified atom stereocenters. The van der Waals surface area contributed by atoms with Gasteiger partial charge in [0.05, 0.1) is 13.2 Å². The maximum atomic E-state index is 12.0. The highest BCUT2D eigenvalue weighted by Gasteiger charge is 2.48. The van der Waals surface area contributed by atoms with Crippen molar-refractivity contribution in [2.75, 3.05) is 13.2 Å². The standard InChI is InChI=1S/C14H12O5/c1-14(6-18-7-14)13(17)19-12-10(15)8-4-2-3-5-9(8)11(12)16/h2-5,12H,6-7H2,1H3. The van der Waals surface area contributed by atoms with Crippen molar-refractivity contribution in [3.8, 4) is 0 Å². The summed E-state index contributed by atoms with van der Waals surface area (Å²) in [5, 5.41) is 0. The van der Waals surface area contributed by atoms with Crippen molar-refractivity contribution in [3.05, 3.63) is 35.4 Å². The number of carbonyl (C=O) groups is 3. The van der Waals surface area contributed by atoms with Crippen LogP contribution in [0.15, 0.2) is 24.3 Å². The molecule has 2 aliphatic rings. The number of carbonyl (C=O) groups excluding carboxylic acids is 3. The Bertz CT molecular complexity index is 550. The van der Waals surface area contributed by atoms with E-state index in [1.54, 1.807) is 31.2 Å². The van der Waals surface area contributed by atoms with E-state index < -0.39 is 29.1 Å². The van der Waals surface area contributed by atoms with Crippen molar-refractivity contribution in [1.29, 1.82) is 0 Å². The second-order valence-electron chi connectivity index (χ2n) is 5.11. The normalized spacial score (nSPS) is 20.9. The van der Waals surface area contributed by atoms with Crippen molar-refractivity contribution < 1.29 is 23.9 Å². The van der Waals surface area contributed by atoms with E-state index in [2.05, 4.69) is 0 Å². The molecule has 0 amide bonds. The molecule has 0 atom stereocenters. The fourth-order valence-electron chi connectivity index (χ4n) is 2.20. The van der Waals surface area contributed by atoms with E-state index in [-0.39, 0.29) is 13.2 Å². The van der Waals surface area contributed by atoms with Gasteiger partial charge in [0.25, 0.3) is 0 Å². The molecule has 0 spiro atoms. The van der Waals surface area contributed by atoms with Gasteiger partial charge < -0.3 is 9.47 Å². The molecule has 3 rings (SSSR count). The van der Waals surface area contributed by atoms with Crippen LogP contribution in [0.3, 0.4) is 0 Å². The zero-order valence-electron chi connectivity index (χ0n) is 10.3. The Morgan fingerprint density at radius 3 is 2.16 bits per heavy atom. The van der Waals surface area contributed by atoms with Gasteiger partial charge in [-0.25, -0.2) is 0 Å². The largest absolute Gasteiger partial charge is 0.445 e. The van der Waals surface area contributed by atoms with Crippen LogP contribution in [-0.4, -0.2) is 36.9 Å². The fourth-order valence-corrected chi connectivity index (χ4v) is 2.20. The van der Waals surface area contributed by atoms with Crippen LogP contribution in [0.1, 0.15) is 27.6 Å². The summed E-state index contributed by atoms with van der Waals surface area (Å²) in [6.45, 7) is 2.21. The number of ketones is 2. The van der Waals surface area contributed by atoms with E-state index in [9.17, 15) is 14.4 Å². The summed E-state index contributed by atoms with van der Waals surface area (Å²) in [6.07, 6.45) is -1.33. The molecule has 1 aromatic carbocycles. The number of benzene rings is 1. The number of Topliss-reactive ketones (excluding diaryl/α,β-unsaturated/α-hetero) is 2. The van der Waals surface area contributed by atoms with Gasteiger partial charge in [-0.05, 0) is 6.92 Å². The molecule has 1 aliphatic heterocycles. The lowest BCUT2D eigenvalue weighted by atomic mass is 9.89. The molecule has 1 fully saturated rings. The molecule has 0 bridgehead atoms. The summed E-state index contributed by atoms with van der Waals surface area (Å²) < 4.78 is 10.1. The van der Waals surface area contributed by atoms with Gasteiger partial charge in [0, 0.05) is 11.1 Å². The first kappa shape index (κ1) is 12.0. The van der Waals surface area contributed by atoms with Crippen molar-refractivity contribution >= 4 is 17.5 Å². The summed E-state index contributed by atoms with van der Waals surface area (Å²) in [4.78, 5) is 36.0. The van der Waals surface area contributed by atoms with Crippen LogP contribution in [0.4, 0.5) is 0 Å². The summed E-state index contributed by atoms with van der Waals surface area (Å²) in [5.74, 6) is -1.45. The first-order valence-corrected chi connectivity index (χ1v) is 5.99. The minimum Gasteiger partial charge on any atom is -0.445 e. The number of fused-ring (bicyclic) bond motifs is 1. The van der Waals surface area contributed by atoms with Gasteiger partial charge in [-0.15, -0.1) is 0 Å². The average molecular weight is 260 g/mol. The van der Waals surface area contributed by atoms with E-state index in [4.69, 9.17) is 9.47 Å². The summed E-state index contributed by atoms with van der Waals surface area (Å²) >= 11 is 0. The van der Waals surface area contributed by atoms with E-state index in [1.165, 1.54) is 0 Å². The first-order chi connectivity index (χ1) is 9.03. The fraction of sp³-hybridized carbons (Fsp3) is 0.357.